The zero-order valence-electron chi connectivity index (χ0n) is 12.1. The summed E-state index contributed by atoms with van der Waals surface area (Å²) in [6.45, 7) is 1.91. The van der Waals surface area contributed by atoms with E-state index >= 15 is 0 Å². The number of halogens is 2. The molecule has 2 N–H and O–H groups in total. The number of carbonyl (C=O) groups is 1. The molecule has 2 atom stereocenters. The minimum atomic E-state index is -0.856. The number of carbonyl (C=O) groups excluding carboxylic acids is 1. The lowest BCUT2D eigenvalue weighted by Gasteiger charge is -2.15. The maximum atomic E-state index is 12.1. The third-order valence-corrected chi connectivity index (χ3v) is 3.92. The third-order valence-electron chi connectivity index (χ3n) is 3.33. The van der Waals surface area contributed by atoms with Crippen LogP contribution >= 0.6 is 23.2 Å². The number of aliphatic hydroxyl groups excluding tert-OH is 1. The number of furan rings is 1. The summed E-state index contributed by atoms with van der Waals surface area (Å²) >= 11 is 12.0. The third kappa shape index (κ3) is 4.50. The van der Waals surface area contributed by atoms with Gasteiger partial charge in [-0.15, -0.1) is 0 Å². The topological polar surface area (TPSA) is 62.5 Å². The van der Waals surface area contributed by atoms with E-state index < -0.39 is 6.10 Å². The van der Waals surface area contributed by atoms with Crippen molar-refractivity contribution in [1.29, 1.82) is 0 Å². The Kier molecular flexibility index (Phi) is 5.89. The second-order valence-electron chi connectivity index (χ2n) is 5.12. The van der Waals surface area contributed by atoms with E-state index in [2.05, 4.69) is 5.32 Å². The number of aliphatic hydroxyl groups is 1. The quantitative estimate of drug-likeness (QED) is 0.843. The molecule has 0 aliphatic carbocycles. The van der Waals surface area contributed by atoms with E-state index in [1.165, 1.54) is 6.26 Å². The van der Waals surface area contributed by atoms with Gasteiger partial charge < -0.3 is 14.8 Å². The number of benzene rings is 1. The molecule has 2 aromatic rings. The van der Waals surface area contributed by atoms with E-state index in [4.69, 9.17) is 27.6 Å². The average molecular weight is 342 g/mol. The monoisotopic (exact) mass is 341 g/mol. The van der Waals surface area contributed by atoms with E-state index in [9.17, 15) is 9.90 Å². The van der Waals surface area contributed by atoms with Crippen molar-refractivity contribution in [3.8, 4) is 0 Å². The zero-order chi connectivity index (χ0) is 16.1. The van der Waals surface area contributed by atoms with Gasteiger partial charge >= 0.3 is 0 Å². The van der Waals surface area contributed by atoms with Gasteiger partial charge in [-0.1, -0.05) is 36.2 Å². The average Bonchev–Trinajstić information content (AvgIpc) is 3.01. The van der Waals surface area contributed by atoms with E-state index in [1.807, 2.05) is 6.07 Å². The lowest BCUT2D eigenvalue weighted by Crippen LogP contribution is -2.33. The maximum Gasteiger partial charge on any atom is 0.223 e. The molecule has 4 nitrogen and oxygen atoms in total. The lowest BCUT2D eigenvalue weighted by atomic mass is 10.0. The van der Waals surface area contributed by atoms with Crippen molar-refractivity contribution >= 4 is 29.1 Å². The van der Waals surface area contributed by atoms with E-state index in [1.54, 1.807) is 31.2 Å². The van der Waals surface area contributed by atoms with Gasteiger partial charge in [0.15, 0.2) is 0 Å². The lowest BCUT2D eigenvalue weighted by molar-refractivity contribution is -0.125. The van der Waals surface area contributed by atoms with Gasteiger partial charge in [0.2, 0.25) is 5.91 Å². The Hall–Kier alpha value is -1.49. The summed E-state index contributed by atoms with van der Waals surface area (Å²) < 4.78 is 5.08. The zero-order valence-corrected chi connectivity index (χ0v) is 13.6. The van der Waals surface area contributed by atoms with Crippen molar-refractivity contribution in [3.05, 3.63) is 58.0 Å². The molecule has 2 unspecified atom stereocenters. The first-order valence-corrected chi connectivity index (χ1v) is 7.66. The Morgan fingerprint density at radius 2 is 2.14 bits per heavy atom. The summed E-state index contributed by atoms with van der Waals surface area (Å²) in [7, 11) is 0. The van der Waals surface area contributed by atoms with Gasteiger partial charge in [-0.2, -0.15) is 0 Å². The molecule has 1 heterocycles. The Morgan fingerprint density at radius 1 is 1.36 bits per heavy atom. The smallest absolute Gasteiger partial charge is 0.223 e. The van der Waals surface area contributed by atoms with Gasteiger partial charge in [0, 0.05) is 16.0 Å². The summed E-state index contributed by atoms with van der Waals surface area (Å²) in [5, 5.41) is 13.7. The summed E-state index contributed by atoms with van der Waals surface area (Å²) in [4.78, 5) is 12.1. The van der Waals surface area contributed by atoms with Crippen molar-refractivity contribution in [2.45, 2.75) is 19.4 Å². The van der Waals surface area contributed by atoms with Gasteiger partial charge in [-0.3, -0.25) is 4.79 Å². The fourth-order valence-electron chi connectivity index (χ4n) is 2.06. The van der Waals surface area contributed by atoms with Crippen LogP contribution in [-0.4, -0.2) is 17.6 Å². The summed E-state index contributed by atoms with van der Waals surface area (Å²) in [5.74, 6) is -0.00667. The number of hydrogen-bond acceptors (Lipinski definition) is 3. The summed E-state index contributed by atoms with van der Waals surface area (Å²) in [6.07, 6.45) is 1.12. The van der Waals surface area contributed by atoms with Crippen LogP contribution in [0.15, 0.2) is 41.0 Å². The predicted molar refractivity (Wildman–Crippen MR) is 86.0 cm³/mol. The molecule has 22 heavy (non-hydrogen) atoms. The fraction of sp³-hybridized carbons (Fsp3) is 0.312. The predicted octanol–water partition coefficient (Wildman–Crippen LogP) is 3.61. The normalized spacial score (nSPS) is 13.6. The van der Waals surface area contributed by atoms with Gasteiger partial charge in [0.1, 0.15) is 11.9 Å². The molecule has 1 amide bonds. The Bertz CT molecular complexity index is 628. The summed E-state index contributed by atoms with van der Waals surface area (Å²) in [5.41, 5.74) is 0.861. The maximum absolute atomic E-state index is 12.1. The van der Waals surface area contributed by atoms with Crippen molar-refractivity contribution in [1.82, 2.24) is 5.32 Å². The minimum Gasteiger partial charge on any atom is -0.467 e. The molecule has 0 radical (unpaired) electrons. The standard InChI is InChI=1S/C16H17Cl2NO3/c1-10(7-11-4-5-12(17)8-13(11)18)16(21)19-9-14(20)15-3-2-6-22-15/h2-6,8,10,14,20H,7,9H2,1H3,(H,19,21). The van der Waals surface area contributed by atoms with Crippen LogP contribution in [0.1, 0.15) is 24.4 Å². The van der Waals surface area contributed by atoms with Crippen LogP contribution in [0.3, 0.4) is 0 Å². The number of rotatable bonds is 6. The Balaban J connectivity index is 1.86. The summed E-state index contributed by atoms with van der Waals surface area (Å²) in [6, 6.07) is 8.56. The molecule has 0 saturated carbocycles. The van der Waals surface area contributed by atoms with Crippen molar-refractivity contribution in [2.75, 3.05) is 6.54 Å². The molecule has 0 aliphatic rings. The largest absolute Gasteiger partial charge is 0.467 e. The molecule has 118 valence electrons. The first-order chi connectivity index (χ1) is 10.5. The number of hydrogen-bond donors (Lipinski definition) is 2. The van der Waals surface area contributed by atoms with E-state index in [-0.39, 0.29) is 18.4 Å². The molecule has 1 aromatic carbocycles. The molecule has 0 saturated heterocycles. The van der Waals surface area contributed by atoms with E-state index in [0.717, 1.165) is 5.56 Å². The molecule has 0 aliphatic heterocycles. The number of amides is 1. The first kappa shape index (κ1) is 16.9. The molecule has 0 fully saturated rings. The highest BCUT2D eigenvalue weighted by Crippen LogP contribution is 2.23. The number of nitrogens with one attached hydrogen (secondary N) is 1. The van der Waals surface area contributed by atoms with Crippen LogP contribution in [0, 0.1) is 5.92 Å². The molecule has 1 aromatic heterocycles. The second-order valence-corrected chi connectivity index (χ2v) is 5.96. The van der Waals surface area contributed by atoms with Gasteiger partial charge in [0.05, 0.1) is 12.8 Å². The van der Waals surface area contributed by atoms with Gasteiger partial charge in [-0.25, -0.2) is 0 Å². The molecule has 6 heteroatoms. The van der Waals surface area contributed by atoms with Crippen LogP contribution in [0.5, 0.6) is 0 Å². The minimum absolute atomic E-state index is 0.102. The van der Waals surface area contributed by atoms with Gasteiger partial charge in [-0.05, 0) is 36.2 Å². The van der Waals surface area contributed by atoms with Crippen LogP contribution in [-0.2, 0) is 11.2 Å². The van der Waals surface area contributed by atoms with Crippen LogP contribution in [0.4, 0.5) is 0 Å². The second kappa shape index (κ2) is 7.68. The van der Waals surface area contributed by atoms with Crippen LogP contribution < -0.4 is 5.32 Å². The Labute approximate surface area is 139 Å². The first-order valence-electron chi connectivity index (χ1n) is 6.90. The van der Waals surface area contributed by atoms with Crippen molar-refractivity contribution in [2.24, 2.45) is 5.92 Å². The highest BCUT2D eigenvalue weighted by Gasteiger charge is 2.17. The van der Waals surface area contributed by atoms with Crippen LogP contribution in [0.2, 0.25) is 10.0 Å². The molecule has 2 rings (SSSR count). The SMILES string of the molecule is CC(Cc1ccc(Cl)cc1Cl)C(=O)NCC(O)c1ccco1. The van der Waals surface area contributed by atoms with Crippen molar-refractivity contribution < 1.29 is 14.3 Å². The molecule has 0 spiro atoms. The molecular formula is C16H17Cl2NO3. The highest BCUT2D eigenvalue weighted by atomic mass is 35.5. The van der Waals surface area contributed by atoms with Gasteiger partial charge in [0.25, 0.3) is 0 Å². The van der Waals surface area contributed by atoms with E-state index in [0.29, 0.717) is 22.2 Å². The van der Waals surface area contributed by atoms with Crippen LogP contribution in [0.25, 0.3) is 0 Å². The highest BCUT2D eigenvalue weighted by molar-refractivity contribution is 6.35. The fourth-order valence-corrected chi connectivity index (χ4v) is 2.55. The molecule has 0 bridgehead atoms. The Morgan fingerprint density at radius 3 is 2.77 bits per heavy atom. The van der Waals surface area contributed by atoms with Crippen molar-refractivity contribution in [3.63, 3.8) is 0 Å². The molecular weight excluding hydrogens is 325 g/mol.